The summed E-state index contributed by atoms with van der Waals surface area (Å²) in [6, 6.07) is 9.28. The molecule has 0 radical (unpaired) electrons. The second kappa shape index (κ2) is 7.98. The Hall–Kier alpha value is -2.60. The van der Waals surface area contributed by atoms with E-state index in [4.69, 9.17) is 14.2 Å². The minimum Gasteiger partial charge on any atom is -0.493 e. The van der Waals surface area contributed by atoms with E-state index in [2.05, 4.69) is 11.9 Å². The van der Waals surface area contributed by atoms with Crippen LogP contribution in [0.3, 0.4) is 0 Å². The summed E-state index contributed by atoms with van der Waals surface area (Å²) in [5, 5.41) is 1.91. The molecule has 1 aliphatic rings. The first-order valence-corrected chi connectivity index (χ1v) is 8.96. The molecule has 0 saturated carbocycles. The molecule has 0 amide bonds. The number of carbonyl (C=O) groups excluding carboxylic acids is 1. The monoisotopic (exact) mass is 357 g/mol. The highest BCUT2D eigenvalue weighted by atomic mass is 32.1. The first-order chi connectivity index (χ1) is 12.2. The average molecular weight is 357 g/mol. The molecular formula is C19H19NO4S. The molecule has 1 aromatic heterocycles. The van der Waals surface area contributed by atoms with E-state index in [-0.39, 0.29) is 5.70 Å². The zero-order valence-electron chi connectivity index (χ0n) is 14.2. The number of aliphatic imine (C=N–C) groups is 1. The van der Waals surface area contributed by atoms with Crippen molar-refractivity contribution in [2.24, 2.45) is 4.99 Å². The summed E-state index contributed by atoms with van der Waals surface area (Å²) in [6.45, 7) is 2.76. The molecule has 6 heteroatoms. The maximum Gasteiger partial charge on any atom is 0.363 e. The third-order valence-corrected chi connectivity index (χ3v) is 4.46. The maximum atomic E-state index is 12.0. The number of rotatable bonds is 7. The molecule has 1 aliphatic heterocycles. The molecule has 25 heavy (non-hydrogen) atoms. The van der Waals surface area contributed by atoms with Gasteiger partial charge in [-0.2, -0.15) is 0 Å². The minimum atomic E-state index is -0.453. The molecule has 2 heterocycles. The Labute approximate surface area is 150 Å². The maximum absolute atomic E-state index is 12.0. The summed E-state index contributed by atoms with van der Waals surface area (Å²) in [5.74, 6) is 1.21. The van der Waals surface area contributed by atoms with Crippen LogP contribution in [-0.4, -0.2) is 25.6 Å². The van der Waals surface area contributed by atoms with Crippen molar-refractivity contribution in [1.82, 2.24) is 0 Å². The van der Waals surface area contributed by atoms with Gasteiger partial charge >= 0.3 is 5.97 Å². The Balaban J connectivity index is 1.82. The van der Waals surface area contributed by atoms with E-state index in [9.17, 15) is 4.79 Å². The van der Waals surface area contributed by atoms with Crippen LogP contribution < -0.4 is 9.47 Å². The van der Waals surface area contributed by atoms with Crippen molar-refractivity contribution in [2.45, 2.75) is 19.8 Å². The summed E-state index contributed by atoms with van der Waals surface area (Å²) in [4.78, 5) is 17.1. The van der Waals surface area contributed by atoms with E-state index in [1.807, 2.05) is 35.7 Å². The lowest BCUT2D eigenvalue weighted by atomic mass is 10.1. The first-order valence-electron chi connectivity index (χ1n) is 8.08. The zero-order chi connectivity index (χ0) is 17.6. The molecule has 3 rings (SSSR count). The van der Waals surface area contributed by atoms with Gasteiger partial charge in [-0.05, 0) is 41.6 Å². The topological polar surface area (TPSA) is 57.1 Å². The third-order valence-electron chi connectivity index (χ3n) is 3.60. The Kier molecular flexibility index (Phi) is 5.50. The smallest absolute Gasteiger partial charge is 0.363 e. The summed E-state index contributed by atoms with van der Waals surface area (Å²) < 4.78 is 16.3. The number of hydrogen-bond acceptors (Lipinski definition) is 6. The van der Waals surface area contributed by atoms with Crippen LogP contribution in [0.4, 0.5) is 0 Å². The van der Waals surface area contributed by atoms with Gasteiger partial charge < -0.3 is 14.2 Å². The molecule has 0 saturated heterocycles. The fraction of sp³-hybridized carbons (Fsp3) is 0.263. The van der Waals surface area contributed by atoms with Crippen LogP contribution in [0.15, 0.2) is 46.4 Å². The highest BCUT2D eigenvalue weighted by Gasteiger charge is 2.24. The fourth-order valence-electron chi connectivity index (χ4n) is 2.29. The van der Waals surface area contributed by atoms with Gasteiger partial charge in [0.2, 0.25) is 5.90 Å². The van der Waals surface area contributed by atoms with E-state index < -0.39 is 5.97 Å². The van der Waals surface area contributed by atoms with E-state index in [1.54, 1.807) is 13.2 Å². The van der Waals surface area contributed by atoms with E-state index >= 15 is 0 Å². The van der Waals surface area contributed by atoms with Crippen molar-refractivity contribution < 1.29 is 19.0 Å². The molecule has 0 aliphatic carbocycles. The van der Waals surface area contributed by atoms with Crippen LogP contribution >= 0.6 is 11.3 Å². The molecule has 2 aromatic rings. The van der Waals surface area contributed by atoms with Crippen molar-refractivity contribution in [1.29, 1.82) is 0 Å². The summed E-state index contributed by atoms with van der Waals surface area (Å²) in [6.07, 6.45) is 3.74. The molecule has 0 bridgehead atoms. The van der Waals surface area contributed by atoms with Crippen molar-refractivity contribution in [3.05, 3.63) is 51.8 Å². The van der Waals surface area contributed by atoms with Crippen LogP contribution in [-0.2, 0) is 9.53 Å². The molecular weight excluding hydrogens is 338 g/mol. The largest absolute Gasteiger partial charge is 0.493 e. The predicted molar refractivity (Wildman–Crippen MR) is 98.3 cm³/mol. The molecule has 0 spiro atoms. The Morgan fingerprint density at radius 2 is 2.16 bits per heavy atom. The van der Waals surface area contributed by atoms with E-state index in [1.165, 1.54) is 11.3 Å². The molecule has 0 unspecified atom stereocenters. The Morgan fingerprint density at radius 1 is 1.28 bits per heavy atom. The van der Waals surface area contributed by atoms with Gasteiger partial charge in [0, 0.05) is 0 Å². The SMILES string of the molecule is CCCCOc1ccc(/C=C2\N=C(c3cccs3)OC2=O)cc1OC. The molecule has 0 atom stereocenters. The minimum absolute atomic E-state index is 0.269. The van der Waals surface area contributed by atoms with Crippen LogP contribution in [0.25, 0.3) is 6.08 Å². The molecule has 0 fully saturated rings. The van der Waals surface area contributed by atoms with E-state index in [0.717, 1.165) is 23.3 Å². The predicted octanol–water partition coefficient (Wildman–Crippen LogP) is 4.28. The molecule has 1 aromatic carbocycles. The van der Waals surface area contributed by atoms with Crippen LogP contribution in [0.1, 0.15) is 30.2 Å². The number of unbranched alkanes of at least 4 members (excludes halogenated alkanes) is 1. The van der Waals surface area contributed by atoms with Crippen molar-refractivity contribution in [3.63, 3.8) is 0 Å². The number of cyclic esters (lactones) is 1. The third kappa shape index (κ3) is 4.09. The van der Waals surface area contributed by atoms with Gasteiger partial charge in [0.15, 0.2) is 17.2 Å². The fourth-order valence-corrected chi connectivity index (χ4v) is 2.94. The Morgan fingerprint density at radius 3 is 2.88 bits per heavy atom. The summed E-state index contributed by atoms with van der Waals surface area (Å²) in [7, 11) is 1.59. The molecule has 0 N–H and O–H groups in total. The quantitative estimate of drug-likeness (QED) is 0.422. The van der Waals surface area contributed by atoms with Crippen LogP contribution in [0.2, 0.25) is 0 Å². The van der Waals surface area contributed by atoms with Gasteiger partial charge in [0.1, 0.15) is 0 Å². The second-order valence-electron chi connectivity index (χ2n) is 5.43. The van der Waals surface area contributed by atoms with Gasteiger partial charge in [-0.1, -0.05) is 25.5 Å². The lowest BCUT2D eigenvalue weighted by Crippen LogP contribution is -2.03. The summed E-state index contributed by atoms with van der Waals surface area (Å²) in [5.41, 5.74) is 1.06. The van der Waals surface area contributed by atoms with Crippen LogP contribution in [0.5, 0.6) is 11.5 Å². The van der Waals surface area contributed by atoms with E-state index in [0.29, 0.717) is 24.0 Å². The first kappa shape index (κ1) is 17.2. The number of nitrogens with zero attached hydrogens (tertiary/aromatic N) is 1. The zero-order valence-corrected chi connectivity index (χ0v) is 15.0. The van der Waals surface area contributed by atoms with Gasteiger partial charge in [-0.25, -0.2) is 9.79 Å². The lowest BCUT2D eigenvalue weighted by Gasteiger charge is -2.10. The van der Waals surface area contributed by atoms with Gasteiger partial charge in [0.25, 0.3) is 0 Å². The van der Waals surface area contributed by atoms with Gasteiger partial charge in [-0.3, -0.25) is 0 Å². The van der Waals surface area contributed by atoms with Crippen LogP contribution in [0, 0.1) is 0 Å². The standard InChI is InChI=1S/C19H19NO4S/c1-3-4-9-23-15-8-7-13(12-16(15)22-2)11-14-19(21)24-18(20-14)17-6-5-10-25-17/h5-8,10-12H,3-4,9H2,1-2H3/b14-11-. The van der Waals surface area contributed by atoms with Gasteiger partial charge in [0.05, 0.1) is 18.6 Å². The van der Waals surface area contributed by atoms with Crippen molar-refractivity contribution in [2.75, 3.05) is 13.7 Å². The number of thiophene rings is 1. The number of benzene rings is 1. The molecule has 130 valence electrons. The highest BCUT2D eigenvalue weighted by Crippen LogP contribution is 2.30. The highest BCUT2D eigenvalue weighted by molar-refractivity contribution is 7.12. The normalized spacial score (nSPS) is 15.2. The number of methoxy groups -OCH3 is 1. The van der Waals surface area contributed by atoms with Crippen molar-refractivity contribution >= 4 is 29.3 Å². The molecule has 5 nitrogen and oxygen atoms in total. The number of esters is 1. The number of ether oxygens (including phenoxy) is 3. The number of carbonyl (C=O) groups is 1. The summed E-state index contributed by atoms with van der Waals surface area (Å²) >= 11 is 1.48. The lowest BCUT2D eigenvalue weighted by molar-refractivity contribution is -0.129. The van der Waals surface area contributed by atoms with Gasteiger partial charge in [-0.15, -0.1) is 11.3 Å². The Bertz CT molecular complexity index is 809. The average Bonchev–Trinajstić information content (AvgIpc) is 3.26. The van der Waals surface area contributed by atoms with Crippen molar-refractivity contribution in [3.8, 4) is 11.5 Å². The number of hydrogen-bond donors (Lipinski definition) is 0. The second-order valence-corrected chi connectivity index (χ2v) is 6.37.